The Morgan fingerprint density at radius 1 is 1.56 bits per heavy atom. The maximum absolute atomic E-state index is 12.0. The van der Waals surface area contributed by atoms with Gasteiger partial charge in [0, 0.05) is 18.1 Å². The highest BCUT2D eigenvalue weighted by molar-refractivity contribution is 7.21. The summed E-state index contributed by atoms with van der Waals surface area (Å²) in [6.07, 6.45) is 5.41. The number of amides is 1. The van der Waals surface area contributed by atoms with Crippen LogP contribution >= 0.6 is 11.3 Å². The molecule has 1 saturated carbocycles. The third kappa shape index (κ3) is 2.18. The molecule has 1 fully saturated rings. The Hall–Kier alpha value is -1.62. The van der Waals surface area contributed by atoms with Gasteiger partial charge in [-0.05, 0) is 24.5 Å². The number of aromatic nitrogens is 1. The predicted molar refractivity (Wildman–Crippen MR) is 73.7 cm³/mol. The van der Waals surface area contributed by atoms with Crippen molar-refractivity contribution in [3.05, 3.63) is 23.2 Å². The highest BCUT2D eigenvalue weighted by Crippen LogP contribution is 2.33. The summed E-state index contributed by atoms with van der Waals surface area (Å²) in [7, 11) is 0. The van der Waals surface area contributed by atoms with E-state index in [0.717, 1.165) is 29.1 Å². The maximum atomic E-state index is 12.0. The van der Waals surface area contributed by atoms with Gasteiger partial charge in [0.1, 0.15) is 9.71 Å². The zero-order valence-corrected chi connectivity index (χ0v) is 10.8. The van der Waals surface area contributed by atoms with E-state index in [2.05, 4.69) is 10.3 Å². The predicted octanol–water partition coefficient (Wildman–Crippen LogP) is 2.41. The molecular formula is C13H15N3OS. The van der Waals surface area contributed by atoms with E-state index in [-0.39, 0.29) is 5.91 Å². The van der Waals surface area contributed by atoms with Gasteiger partial charge >= 0.3 is 0 Å². The Bertz CT molecular complexity index is 589. The molecule has 0 aliphatic heterocycles. The van der Waals surface area contributed by atoms with Gasteiger partial charge in [-0.15, -0.1) is 11.3 Å². The molecule has 2 aromatic heterocycles. The molecule has 18 heavy (non-hydrogen) atoms. The molecule has 0 atom stereocenters. The monoisotopic (exact) mass is 261 g/mol. The lowest BCUT2D eigenvalue weighted by atomic mass is 10.2. The summed E-state index contributed by atoms with van der Waals surface area (Å²) in [5.41, 5.74) is 6.54. The number of rotatable bonds is 4. The summed E-state index contributed by atoms with van der Waals surface area (Å²) >= 11 is 1.36. The van der Waals surface area contributed by atoms with Gasteiger partial charge in [0.15, 0.2) is 0 Å². The Kier molecular flexibility index (Phi) is 2.91. The molecule has 1 aliphatic rings. The SMILES string of the molecule is Nc1c(C(=O)NCCC2CC2)sc2ncccc12. The van der Waals surface area contributed by atoms with Gasteiger partial charge in [-0.2, -0.15) is 0 Å². The first-order chi connectivity index (χ1) is 8.75. The van der Waals surface area contributed by atoms with E-state index in [0.29, 0.717) is 10.6 Å². The number of nitrogens with zero attached hydrogens (tertiary/aromatic N) is 1. The topological polar surface area (TPSA) is 68.0 Å². The number of nitrogens with one attached hydrogen (secondary N) is 1. The lowest BCUT2D eigenvalue weighted by Crippen LogP contribution is -2.24. The molecule has 1 amide bonds. The largest absolute Gasteiger partial charge is 0.397 e. The van der Waals surface area contributed by atoms with Crippen molar-refractivity contribution < 1.29 is 4.79 Å². The fraction of sp³-hybridized carbons (Fsp3) is 0.385. The van der Waals surface area contributed by atoms with Crippen LogP contribution in [0.2, 0.25) is 0 Å². The van der Waals surface area contributed by atoms with E-state index in [1.165, 1.54) is 24.2 Å². The molecule has 2 heterocycles. The number of hydrogen-bond acceptors (Lipinski definition) is 4. The summed E-state index contributed by atoms with van der Waals surface area (Å²) in [6, 6.07) is 3.73. The van der Waals surface area contributed by atoms with E-state index < -0.39 is 0 Å². The molecule has 0 bridgehead atoms. The summed E-state index contributed by atoms with van der Waals surface area (Å²) < 4.78 is 0. The summed E-state index contributed by atoms with van der Waals surface area (Å²) in [5, 5.41) is 3.81. The van der Waals surface area contributed by atoms with Gasteiger partial charge < -0.3 is 11.1 Å². The Balaban J connectivity index is 1.75. The zero-order valence-electron chi connectivity index (χ0n) is 9.98. The van der Waals surface area contributed by atoms with Crippen molar-refractivity contribution in [2.24, 2.45) is 5.92 Å². The third-order valence-corrected chi connectivity index (χ3v) is 4.37. The average molecular weight is 261 g/mol. The van der Waals surface area contributed by atoms with Crippen LogP contribution in [0.3, 0.4) is 0 Å². The van der Waals surface area contributed by atoms with Crippen molar-refractivity contribution >= 4 is 33.1 Å². The van der Waals surface area contributed by atoms with Crippen LogP contribution in [0.5, 0.6) is 0 Å². The molecule has 2 aromatic rings. The van der Waals surface area contributed by atoms with Crippen LogP contribution in [0.15, 0.2) is 18.3 Å². The molecule has 3 N–H and O–H groups in total. The molecule has 0 radical (unpaired) electrons. The van der Waals surface area contributed by atoms with E-state index >= 15 is 0 Å². The van der Waals surface area contributed by atoms with Gasteiger partial charge in [0.25, 0.3) is 5.91 Å². The van der Waals surface area contributed by atoms with E-state index in [9.17, 15) is 4.79 Å². The average Bonchev–Trinajstić information content (AvgIpc) is 3.14. The van der Waals surface area contributed by atoms with Crippen LogP contribution in [0, 0.1) is 5.92 Å². The Morgan fingerprint density at radius 3 is 3.11 bits per heavy atom. The van der Waals surface area contributed by atoms with Crippen LogP contribution in [-0.4, -0.2) is 17.4 Å². The molecule has 5 heteroatoms. The second-order valence-electron chi connectivity index (χ2n) is 4.69. The number of thiophene rings is 1. The lowest BCUT2D eigenvalue weighted by Gasteiger charge is -2.03. The van der Waals surface area contributed by atoms with Crippen LogP contribution in [0.1, 0.15) is 28.9 Å². The Morgan fingerprint density at radius 2 is 2.39 bits per heavy atom. The van der Waals surface area contributed by atoms with Crippen LogP contribution in [0.25, 0.3) is 10.2 Å². The number of carbonyl (C=O) groups is 1. The van der Waals surface area contributed by atoms with Crippen molar-refractivity contribution in [2.45, 2.75) is 19.3 Å². The molecule has 0 spiro atoms. The molecule has 0 aromatic carbocycles. The third-order valence-electron chi connectivity index (χ3n) is 3.25. The summed E-state index contributed by atoms with van der Waals surface area (Å²) in [6.45, 7) is 0.741. The molecule has 94 valence electrons. The fourth-order valence-electron chi connectivity index (χ4n) is 2.00. The number of anilines is 1. The van der Waals surface area contributed by atoms with Crippen LogP contribution in [0.4, 0.5) is 5.69 Å². The number of fused-ring (bicyclic) bond motifs is 1. The number of carbonyl (C=O) groups excluding carboxylic acids is 1. The number of hydrogen-bond donors (Lipinski definition) is 2. The van der Waals surface area contributed by atoms with Gasteiger partial charge in [-0.25, -0.2) is 4.98 Å². The maximum Gasteiger partial charge on any atom is 0.263 e. The lowest BCUT2D eigenvalue weighted by molar-refractivity contribution is 0.0957. The number of nitrogen functional groups attached to an aromatic ring is 1. The van der Waals surface area contributed by atoms with Gasteiger partial charge in [-0.1, -0.05) is 12.8 Å². The van der Waals surface area contributed by atoms with Gasteiger partial charge in [-0.3, -0.25) is 4.79 Å². The van der Waals surface area contributed by atoms with Crippen molar-refractivity contribution in [2.75, 3.05) is 12.3 Å². The van der Waals surface area contributed by atoms with E-state index in [1.807, 2.05) is 12.1 Å². The smallest absolute Gasteiger partial charge is 0.263 e. The first-order valence-corrected chi connectivity index (χ1v) is 6.98. The number of pyridine rings is 1. The second-order valence-corrected chi connectivity index (χ2v) is 5.69. The van der Waals surface area contributed by atoms with Gasteiger partial charge in [0.05, 0.1) is 5.69 Å². The molecule has 4 nitrogen and oxygen atoms in total. The quantitative estimate of drug-likeness (QED) is 0.888. The molecule has 0 unspecified atom stereocenters. The van der Waals surface area contributed by atoms with Crippen molar-refractivity contribution in [3.63, 3.8) is 0 Å². The minimum absolute atomic E-state index is 0.0730. The normalized spacial score (nSPS) is 14.9. The van der Waals surface area contributed by atoms with Gasteiger partial charge in [0.2, 0.25) is 0 Å². The van der Waals surface area contributed by atoms with Crippen LogP contribution in [-0.2, 0) is 0 Å². The Labute approximate surface area is 109 Å². The second kappa shape index (κ2) is 4.57. The van der Waals surface area contributed by atoms with Crippen molar-refractivity contribution in [1.82, 2.24) is 10.3 Å². The van der Waals surface area contributed by atoms with E-state index in [1.54, 1.807) is 6.20 Å². The minimum atomic E-state index is -0.0730. The summed E-state index contributed by atoms with van der Waals surface area (Å²) in [5.74, 6) is 0.753. The first kappa shape index (κ1) is 11.5. The first-order valence-electron chi connectivity index (χ1n) is 6.17. The number of nitrogens with two attached hydrogens (primary N) is 1. The molecule has 3 rings (SSSR count). The molecule has 0 saturated heterocycles. The van der Waals surface area contributed by atoms with Crippen molar-refractivity contribution in [3.8, 4) is 0 Å². The molecule has 1 aliphatic carbocycles. The van der Waals surface area contributed by atoms with Crippen molar-refractivity contribution in [1.29, 1.82) is 0 Å². The standard InChI is InChI=1S/C13H15N3OS/c14-10-9-2-1-6-16-13(9)18-11(10)12(17)15-7-5-8-3-4-8/h1-2,6,8H,3-5,7,14H2,(H,15,17). The highest BCUT2D eigenvalue weighted by atomic mass is 32.1. The highest BCUT2D eigenvalue weighted by Gasteiger charge is 2.21. The fourth-order valence-corrected chi connectivity index (χ4v) is 2.98. The van der Waals surface area contributed by atoms with E-state index in [4.69, 9.17) is 5.73 Å². The summed E-state index contributed by atoms with van der Waals surface area (Å²) in [4.78, 5) is 17.7. The van der Waals surface area contributed by atoms with Crippen LogP contribution < -0.4 is 11.1 Å². The zero-order chi connectivity index (χ0) is 12.5. The molecular weight excluding hydrogens is 246 g/mol. The minimum Gasteiger partial charge on any atom is -0.397 e.